The summed E-state index contributed by atoms with van der Waals surface area (Å²) in [5.74, 6) is 0. The first-order valence-electron chi connectivity index (χ1n) is 6.06. The van der Waals surface area contributed by atoms with E-state index in [2.05, 4.69) is 53.8 Å². The molecule has 2 nitrogen and oxygen atoms in total. The molecule has 2 atom stereocenters. The van der Waals surface area contributed by atoms with Crippen LogP contribution in [0.15, 0.2) is 0 Å². The van der Waals surface area contributed by atoms with Gasteiger partial charge in [0, 0.05) is 17.0 Å². The van der Waals surface area contributed by atoms with E-state index in [0.29, 0.717) is 18.2 Å². The quantitative estimate of drug-likeness (QED) is 0.778. The molecule has 0 unspecified atom stereocenters. The average molecular weight is 213 g/mol. The topological polar surface area (TPSA) is 21.3 Å². The van der Waals surface area contributed by atoms with E-state index in [-0.39, 0.29) is 11.0 Å². The molecule has 0 aliphatic heterocycles. The van der Waals surface area contributed by atoms with Crippen LogP contribution in [0.4, 0.5) is 0 Å². The molecule has 1 saturated carbocycles. The molecule has 0 radical (unpaired) electrons. The summed E-state index contributed by atoms with van der Waals surface area (Å²) in [6.07, 6.45) is 1.89. The molecule has 0 saturated heterocycles. The lowest BCUT2D eigenvalue weighted by Crippen LogP contribution is -2.64. The summed E-state index contributed by atoms with van der Waals surface area (Å²) in [4.78, 5) is 0. The van der Waals surface area contributed by atoms with Crippen molar-refractivity contribution >= 4 is 0 Å². The maximum atomic E-state index is 5.91. The molecule has 15 heavy (non-hydrogen) atoms. The molecule has 0 spiro atoms. The molecule has 2 heteroatoms. The van der Waals surface area contributed by atoms with Gasteiger partial charge in [-0.15, -0.1) is 0 Å². The molecule has 0 heterocycles. The minimum Gasteiger partial charge on any atom is -0.375 e. The monoisotopic (exact) mass is 213 g/mol. The Bertz CT molecular complexity index is 215. The summed E-state index contributed by atoms with van der Waals surface area (Å²) < 4.78 is 5.91. The van der Waals surface area contributed by atoms with Crippen LogP contribution in [0.5, 0.6) is 0 Å². The first-order valence-corrected chi connectivity index (χ1v) is 6.06. The standard InChI is InChI=1S/C13H27NO/c1-9(2)15-11-8-10(13(11,6)7)14-12(3,4)5/h9-11,14H,8H2,1-7H3/t10-,11-/m0/s1. The van der Waals surface area contributed by atoms with Gasteiger partial charge in [0.05, 0.1) is 12.2 Å². The van der Waals surface area contributed by atoms with E-state index in [1.165, 1.54) is 0 Å². The molecule has 0 bridgehead atoms. The molecule has 0 aromatic carbocycles. The van der Waals surface area contributed by atoms with Crippen molar-refractivity contribution in [2.75, 3.05) is 0 Å². The Labute approximate surface area is 94.8 Å². The van der Waals surface area contributed by atoms with Crippen molar-refractivity contribution in [1.82, 2.24) is 5.32 Å². The molecular weight excluding hydrogens is 186 g/mol. The number of nitrogens with one attached hydrogen (secondary N) is 1. The fourth-order valence-corrected chi connectivity index (χ4v) is 2.21. The highest BCUT2D eigenvalue weighted by Gasteiger charge is 2.50. The predicted molar refractivity (Wildman–Crippen MR) is 65.1 cm³/mol. The average Bonchev–Trinajstić information content (AvgIpc) is 1.99. The molecule has 1 rings (SSSR count). The second-order valence-electron chi connectivity index (χ2n) is 6.68. The van der Waals surface area contributed by atoms with Gasteiger partial charge in [-0.3, -0.25) is 0 Å². The van der Waals surface area contributed by atoms with Crippen LogP contribution in [-0.2, 0) is 4.74 Å². The first kappa shape index (κ1) is 13.0. The normalized spacial score (nSPS) is 30.4. The smallest absolute Gasteiger partial charge is 0.0659 e. The van der Waals surface area contributed by atoms with Crippen LogP contribution < -0.4 is 5.32 Å². The van der Waals surface area contributed by atoms with Crippen LogP contribution in [0.25, 0.3) is 0 Å². The van der Waals surface area contributed by atoms with Gasteiger partial charge in [0.25, 0.3) is 0 Å². The summed E-state index contributed by atoms with van der Waals surface area (Å²) >= 11 is 0. The Hall–Kier alpha value is -0.0800. The Kier molecular flexibility index (Phi) is 3.52. The van der Waals surface area contributed by atoms with E-state index in [1.54, 1.807) is 0 Å². The third-order valence-corrected chi connectivity index (χ3v) is 3.22. The highest BCUT2D eigenvalue weighted by molar-refractivity contribution is 5.04. The number of hydrogen-bond donors (Lipinski definition) is 1. The van der Waals surface area contributed by atoms with E-state index in [9.17, 15) is 0 Å². The third-order valence-electron chi connectivity index (χ3n) is 3.22. The zero-order valence-electron chi connectivity index (χ0n) is 11.3. The Morgan fingerprint density at radius 1 is 1.27 bits per heavy atom. The molecule has 0 amide bonds. The summed E-state index contributed by atoms with van der Waals surface area (Å²) in [5, 5.41) is 3.67. The zero-order chi connectivity index (χ0) is 11.9. The zero-order valence-corrected chi connectivity index (χ0v) is 11.3. The summed E-state index contributed by atoms with van der Waals surface area (Å²) in [5.41, 5.74) is 0.461. The fourth-order valence-electron chi connectivity index (χ4n) is 2.21. The van der Waals surface area contributed by atoms with E-state index in [1.807, 2.05) is 0 Å². The van der Waals surface area contributed by atoms with Crippen molar-refractivity contribution in [3.05, 3.63) is 0 Å². The molecule has 0 aromatic rings. The van der Waals surface area contributed by atoms with E-state index >= 15 is 0 Å². The van der Waals surface area contributed by atoms with Crippen molar-refractivity contribution in [3.63, 3.8) is 0 Å². The number of hydrogen-bond acceptors (Lipinski definition) is 2. The Morgan fingerprint density at radius 3 is 2.13 bits per heavy atom. The second-order valence-corrected chi connectivity index (χ2v) is 6.68. The highest BCUT2D eigenvalue weighted by Crippen LogP contribution is 2.43. The summed E-state index contributed by atoms with van der Waals surface area (Å²) in [6.45, 7) is 15.5. The molecule has 1 aliphatic carbocycles. The van der Waals surface area contributed by atoms with Crippen molar-refractivity contribution in [2.24, 2.45) is 5.41 Å². The van der Waals surface area contributed by atoms with Gasteiger partial charge < -0.3 is 10.1 Å². The van der Waals surface area contributed by atoms with Gasteiger partial charge >= 0.3 is 0 Å². The second kappa shape index (κ2) is 4.06. The van der Waals surface area contributed by atoms with Gasteiger partial charge in [-0.1, -0.05) is 13.8 Å². The lowest BCUT2D eigenvalue weighted by atomic mass is 9.64. The maximum Gasteiger partial charge on any atom is 0.0659 e. The lowest BCUT2D eigenvalue weighted by Gasteiger charge is -2.54. The molecule has 90 valence electrons. The largest absolute Gasteiger partial charge is 0.375 e. The lowest BCUT2D eigenvalue weighted by molar-refractivity contribution is -0.142. The van der Waals surface area contributed by atoms with Crippen LogP contribution in [0.3, 0.4) is 0 Å². The van der Waals surface area contributed by atoms with Crippen LogP contribution in [0.1, 0.15) is 54.9 Å². The van der Waals surface area contributed by atoms with Crippen molar-refractivity contribution in [1.29, 1.82) is 0 Å². The van der Waals surface area contributed by atoms with Crippen LogP contribution in [0, 0.1) is 5.41 Å². The van der Waals surface area contributed by atoms with Gasteiger partial charge in [-0.2, -0.15) is 0 Å². The predicted octanol–water partition coefficient (Wildman–Crippen LogP) is 2.97. The van der Waals surface area contributed by atoms with Gasteiger partial charge in [0.15, 0.2) is 0 Å². The summed E-state index contributed by atoms with van der Waals surface area (Å²) in [7, 11) is 0. The Balaban J connectivity index is 2.48. The van der Waals surface area contributed by atoms with Crippen molar-refractivity contribution in [2.45, 2.75) is 78.7 Å². The fraction of sp³-hybridized carbons (Fsp3) is 1.00. The van der Waals surface area contributed by atoms with Crippen LogP contribution in [0.2, 0.25) is 0 Å². The number of ether oxygens (including phenoxy) is 1. The van der Waals surface area contributed by atoms with E-state index < -0.39 is 0 Å². The molecule has 1 N–H and O–H groups in total. The molecular formula is C13H27NO. The third kappa shape index (κ3) is 3.18. The minimum atomic E-state index is 0.199. The van der Waals surface area contributed by atoms with Crippen molar-refractivity contribution < 1.29 is 4.74 Å². The Morgan fingerprint density at radius 2 is 1.80 bits per heavy atom. The SMILES string of the molecule is CC(C)O[C@H]1C[C@H](NC(C)(C)C)C1(C)C. The van der Waals surface area contributed by atoms with Gasteiger partial charge in [-0.05, 0) is 41.0 Å². The summed E-state index contributed by atoms with van der Waals surface area (Å²) in [6, 6.07) is 0.584. The van der Waals surface area contributed by atoms with Crippen LogP contribution >= 0.6 is 0 Å². The first-order chi connectivity index (χ1) is 6.63. The van der Waals surface area contributed by atoms with Gasteiger partial charge in [-0.25, -0.2) is 0 Å². The maximum absolute atomic E-state index is 5.91. The molecule has 1 aliphatic rings. The van der Waals surface area contributed by atoms with E-state index in [4.69, 9.17) is 4.74 Å². The molecule has 1 fully saturated rings. The molecule has 0 aromatic heterocycles. The highest BCUT2D eigenvalue weighted by atomic mass is 16.5. The minimum absolute atomic E-state index is 0.199. The van der Waals surface area contributed by atoms with Crippen LogP contribution in [-0.4, -0.2) is 23.8 Å². The van der Waals surface area contributed by atoms with E-state index in [0.717, 1.165) is 6.42 Å². The van der Waals surface area contributed by atoms with Crippen molar-refractivity contribution in [3.8, 4) is 0 Å². The number of rotatable bonds is 3. The van der Waals surface area contributed by atoms with Gasteiger partial charge in [0.1, 0.15) is 0 Å². The van der Waals surface area contributed by atoms with Gasteiger partial charge in [0.2, 0.25) is 0 Å².